The fraction of sp³-hybridized carbons (Fsp3) is 1.00. The van der Waals surface area contributed by atoms with Crippen LogP contribution in [0.4, 0.5) is 0 Å². The molecule has 0 unspecified atom stereocenters. The smallest absolute Gasteiger partial charge is 0.377 e. The molecule has 0 aromatic rings. The second kappa shape index (κ2) is 14.8. The van der Waals surface area contributed by atoms with Crippen LogP contribution in [0, 0.1) is 5.41 Å². The van der Waals surface area contributed by atoms with Crippen LogP contribution < -0.4 is 0 Å². The molecule has 0 spiro atoms. The second-order valence-electron chi connectivity index (χ2n) is 7.39. The highest BCUT2D eigenvalue weighted by Crippen LogP contribution is 2.50. The minimum Gasteiger partial charge on any atom is -0.377 e. The Labute approximate surface area is 203 Å². The van der Waals surface area contributed by atoms with Gasteiger partial charge in [0, 0.05) is 109 Å². The fourth-order valence-corrected chi connectivity index (χ4v) is 14.5. The van der Waals surface area contributed by atoms with Gasteiger partial charge in [0.15, 0.2) is 0 Å². The monoisotopic (exact) mass is 552 g/mol. The van der Waals surface area contributed by atoms with E-state index in [1.807, 2.05) is 0 Å². The summed E-state index contributed by atoms with van der Waals surface area (Å²) in [6.07, 6.45) is 0. The molecule has 0 aliphatic heterocycles. The molecular formula is C17H44O12Si4. The Morgan fingerprint density at radius 3 is 0.515 bits per heavy atom. The van der Waals surface area contributed by atoms with Gasteiger partial charge < -0.3 is 53.1 Å². The van der Waals surface area contributed by atoms with Gasteiger partial charge in [-0.15, -0.1) is 0 Å². The molecule has 0 saturated carbocycles. The lowest BCUT2D eigenvalue weighted by Gasteiger charge is -2.46. The van der Waals surface area contributed by atoms with Crippen molar-refractivity contribution in [2.45, 2.75) is 24.2 Å². The van der Waals surface area contributed by atoms with Gasteiger partial charge in [-0.2, -0.15) is 0 Å². The Kier molecular flexibility index (Phi) is 15.0. The molecule has 0 aliphatic carbocycles. The van der Waals surface area contributed by atoms with E-state index in [-0.39, 0.29) is 0 Å². The highest BCUT2D eigenvalue weighted by atomic mass is 28.4. The van der Waals surface area contributed by atoms with Crippen molar-refractivity contribution < 1.29 is 53.1 Å². The molecule has 0 radical (unpaired) electrons. The lowest BCUT2D eigenvalue weighted by Crippen LogP contribution is -2.59. The van der Waals surface area contributed by atoms with Gasteiger partial charge in [-0.1, -0.05) is 0 Å². The Morgan fingerprint density at radius 1 is 0.303 bits per heavy atom. The van der Waals surface area contributed by atoms with Crippen molar-refractivity contribution in [3.8, 4) is 0 Å². The number of hydrogen-bond donors (Lipinski definition) is 0. The second-order valence-corrected chi connectivity index (χ2v) is 19.2. The zero-order chi connectivity index (χ0) is 25.8. The summed E-state index contributed by atoms with van der Waals surface area (Å²) in [4.78, 5) is 0. The van der Waals surface area contributed by atoms with E-state index in [4.69, 9.17) is 53.1 Å². The zero-order valence-corrected chi connectivity index (χ0v) is 26.2. The van der Waals surface area contributed by atoms with Crippen LogP contribution >= 0.6 is 0 Å². The van der Waals surface area contributed by atoms with E-state index in [1.54, 1.807) is 85.3 Å². The predicted molar refractivity (Wildman–Crippen MR) is 129 cm³/mol. The summed E-state index contributed by atoms with van der Waals surface area (Å²) in [5, 5.41) is 0. The van der Waals surface area contributed by atoms with E-state index in [1.165, 1.54) is 0 Å². The molecule has 0 heterocycles. The van der Waals surface area contributed by atoms with Crippen LogP contribution in [-0.2, 0) is 53.1 Å². The average Bonchev–Trinajstić information content (AvgIpc) is 2.88. The van der Waals surface area contributed by atoms with Crippen LogP contribution in [0.15, 0.2) is 0 Å². The van der Waals surface area contributed by atoms with E-state index in [0.717, 1.165) is 0 Å². The van der Waals surface area contributed by atoms with E-state index in [0.29, 0.717) is 24.2 Å². The van der Waals surface area contributed by atoms with Crippen LogP contribution in [0.3, 0.4) is 0 Å². The van der Waals surface area contributed by atoms with E-state index in [2.05, 4.69) is 0 Å². The SMILES string of the molecule is CO[Si](CC(C[Si](OC)(OC)OC)(C[Si](OC)(OC)OC)C[Si](OC)(OC)OC)(OC)OC. The molecule has 0 N–H and O–H groups in total. The van der Waals surface area contributed by atoms with Crippen LogP contribution in [0.1, 0.15) is 0 Å². The minimum atomic E-state index is -3.20. The topological polar surface area (TPSA) is 111 Å². The molecule has 0 aromatic heterocycles. The van der Waals surface area contributed by atoms with Crippen molar-refractivity contribution in [2.75, 3.05) is 85.3 Å². The normalized spacial score (nSPS) is 14.2. The zero-order valence-electron chi connectivity index (χ0n) is 22.2. The maximum atomic E-state index is 5.81. The minimum absolute atomic E-state index is 0.310. The largest absolute Gasteiger partial charge is 0.500 e. The van der Waals surface area contributed by atoms with Crippen molar-refractivity contribution in [3.05, 3.63) is 0 Å². The highest BCUT2D eigenvalue weighted by Gasteiger charge is 2.62. The first-order valence-electron chi connectivity index (χ1n) is 10.2. The summed E-state index contributed by atoms with van der Waals surface area (Å²) < 4.78 is 69.7. The molecule has 0 aromatic carbocycles. The lowest BCUT2D eigenvalue weighted by molar-refractivity contribution is 0.0676. The van der Waals surface area contributed by atoms with Gasteiger partial charge in [-0.3, -0.25) is 0 Å². The van der Waals surface area contributed by atoms with Crippen LogP contribution in [0.5, 0.6) is 0 Å². The maximum Gasteiger partial charge on any atom is 0.500 e. The maximum absolute atomic E-state index is 5.81. The molecule has 0 bridgehead atoms. The Balaban J connectivity index is 7.10. The van der Waals surface area contributed by atoms with Crippen molar-refractivity contribution in [3.63, 3.8) is 0 Å². The summed E-state index contributed by atoms with van der Waals surface area (Å²) in [7, 11) is 5.85. The predicted octanol–water partition coefficient (Wildman–Crippen LogP) is 1.49. The molecule has 0 rings (SSSR count). The van der Waals surface area contributed by atoms with Crippen molar-refractivity contribution in [1.82, 2.24) is 0 Å². The van der Waals surface area contributed by atoms with Crippen molar-refractivity contribution in [2.24, 2.45) is 5.41 Å². The van der Waals surface area contributed by atoms with Gasteiger partial charge in [-0.25, -0.2) is 0 Å². The third kappa shape index (κ3) is 8.20. The summed E-state index contributed by atoms with van der Waals surface area (Å²) in [6.45, 7) is 0. The third-order valence-electron chi connectivity index (χ3n) is 6.10. The van der Waals surface area contributed by atoms with E-state index < -0.39 is 40.6 Å². The molecule has 0 saturated heterocycles. The number of hydrogen-bond acceptors (Lipinski definition) is 12. The van der Waals surface area contributed by atoms with Gasteiger partial charge in [0.05, 0.1) is 0 Å². The number of rotatable bonds is 20. The van der Waals surface area contributed by atoms with Crippen LogP contribution in [-0.4, -0.2) is 121 Å². The van der Waals surface area contributed by atoms with E-state index >= 15 is 0 Å². The molecule has 33 heavy (non-hydrogen) atoms. The average molecular weight is 553 g/mol. The standard InChI is InChI=1S/C17H44O12Si4/c1-18-30(19-2,20-3)13-17(14-31(21-4,22-5)23-6,15-32(24-7,25-8)26-9)16-33(27-10,28-11)29-12/h13-16H2,1-12H3. The van der Waals surface area contributed by atoms with Gasteiger partial charge >= 0.3 is 35.2 Å². The fourth-order valence-electron chi connectivity index (χ4n) is 4.08. The first kappa shape index (κ1) is 33.4. The van der Waals surface area contributed by atoms with Crippen LogP contribution in [0.25, 0.3) is 0 Å². The van der Waals surface area contributed by atoms with Gasteiger partial charge in [0.2, 0.25) is 0 Å². The van der Waals surface area contributed by atoms with E-state index in [9.17, 15) is 0 Å². The molecule has 0 fully saturated rings. The summed E-state index contributed by atoms with van der Waals surface area (Å²) >= 11 is 0. The Hall–Kier alpha value is 0.388. The first-order chi connectivity index (χ1) is 15.6. The molecule has 0 atom stereocenters. The summed E-state index contributed by atoms with van der Waals surface area (Å²) in [5.41, 5.74) is -0.801. The van der Waals surface area contributed by atoms with Gasteiger partial charge in [0.1, 0.15) is 0 Å². The molecule has 12 nitrogen and oxygen atoms in total. The Morgan fingerprint density at radius 2 is 0.424 bits per heavy atom. The summed E-state index contributed by atoms with van der Waals surface area (Å²) in [6, 6.07) is 1.24. The third-order valence-corrected chi connectivity index (χ3v) is 18.3. The molecule has 0 aliphatic rings. The van der Waals surface area contributed by atoms with Gasteiger partial charge in [-0.05, 0) is 5.41 Å². The molecule has 200 valence electrons. The Bertz CT molecular complexity index is 402. The summed E-state index contributed by atoms with van der Waals surface area (Å²) in [5.74, 6) is 0. The molecule has 16 heteroatoms. The van der Waals surface area contributed by atoms with Crippen molar-refractivity contribution in [1.29, 1.82) is 0 Å². The first-order valence-corrected chi connectivity index (χ1v) is 17.9. The molecule has 0 amide bonds. The van der Waals surface area contributed by atoms with Crippen molar-refractivity contribution >= 4 is 35.2 Å². The highest BCUT2D eigenvalue weighted by molar-refractivity contribution is 6.66. The lowest BCUT2D eigenvalue weighted by atomic mass is 9.98. The quantitative estimate of drug-likeness (QED) is 0.204. The molecular weight excluding hydrogens is 509 g/mol. The van der Waals surface area contributed by atoms with Crippen LogP contribution in [0.2, 0.25) is 24.2 Å². The van der Waals surface area contributed by atoms with Gasteiger partial charge in [0.25, 0.3) is 0 Å².